The Balaban J connectivity index is 2.19. The Morgan fingerprint density at radius 1 is 1.11 bits per heavy atom. The lowest BCUT2D eigenvalue weighted by molar-refractivity contribution is 0.112. The number of benzene rings is 1. The zero-order valence-electron chi connectivity index (χ0n) is 11.6. The van der Waals surface area contributed by atoms with Crippen LogP contribution in [0.3, 0.4) is 0 Å². The molecular weight excluding hydrogens is 224 g/mol. The van der Waals surface area contributed by atoms with Crippen molar-refractivity contribution < 1.29 is 4.79 Å². The molecule has 1 aliphatic heterocycles. The van der Waals surface area contributed by atoms with E-state index in [9.17, 15) is 4.79 Å². The van der Waals surface area contributed by atoms with Crippen LogP contribution in [0.25, 0.3) is 0 Å². The van der Waals surface area contributed by atoms with E-state index in [4.69, 9.17) is 0 Å². The maximum Gasteiger partial charge on any atom is 0.150 e. The average Bonchev–Trinajstić information content (AvgIpc) is 2.41. The smallest absolute Gasteiger partial charge is 0.150 e. The highest BCUT2D eigenvalue weighted by Gasteiger charge is 2.17. The normalized spacial score (nSPS) is 16.9. The number of likely N-dealkylation sites (N-methyl/N-ethyl adjacent to an activating group) is 1. The third kappa shape index (κ3) is 2.56. The van der Waals surface area contributed by atoms with E-state index in [0.717, 1.165) is 50.1 Å². The van der Waals surface area contributed by atoms with Gasteiger partial charge in [-0.05, 0) is 43.7 Å². The van der Waals surface area contributed by atoms with Crippen LogP contribution in [0.15, 0.2) is 12.1 Å². The van der Waals surface area contributed by atoms with Gasteiger partial charge in [0, 0.05) is 37.4 Å². The van der Waals surface area contributed by atoms with Crippen molar-refractivity contribution in [3.8, 4) is 0 Å². The van der Waals surface area contributed by atoms with Crippen LogP contribution >= 0.6 is 0 Å². The lowest BCUT2D eigenvalue weighted by Gasteiger charge is -2.36. The lowest BCUT2D eigenvalue weighted by Crippen LogP contribution is -2.46. The van der Waals surface area contributed by atoms with Gasteiger partial charge in [-0.25, -0.2) is 0 Å². The molecule has 0 aliphatic carbocycles. The van der Waals surface area contributed by atoms with Gasteiger partial charge in [0.15, 0.2) is 0 Å². The molecule has 0 atom stereocenters. The van der Waals surface area contributed by atoms with E-state index in [1.165, 1.54) is 11.3 Å². The van der Waals surface area contributed by atoms with Crippen LogP contribution in [0.1, 0.15) is 28.4 Å². The molecule has 0 radical (unpaired) electrons. The molecule has 98 valence electrons. The average molecular weight is 246 g/mol. The van der Waals surface area contributed by atoms with Crippen LogP contribution in [0, 0.1) is 13.8 Å². The van der Waals surface area contributed by atoms with Gasteiger partial charge in [0.05, 0.1) is 0 Å². The van der Waals surface area contributed by atoms with E-state index in [0.29, 0.717) is 0 Å². The number of carbonyl (C=O) groups excluding carboxylic acids is 1. The Kier molecular flexibility index (Phi) is 4.02. The molecule has 0 spiro atoms. The summed E-state index contributed by atoms with van der Waals surface area (Å²) in [6.07, 6.45) is 0.946. The summed E-state index contributed by atoms with van der Waals surface area (Å²) in [5, 5.41) is 0. The van der Waals surface area contributed by atoms with Crippen molar-refractivity contribution in [2.45, 2.75) is 20.8 Å². The van der Waals surface area contributed by atoms with E-state index >= 15 is 0 Å². The van der Waals surface area contributed by atoms with Crippen LogP contribution < -0.4 is 4.90 Å². The number of hydrogen-bond acceptors (Lipinski definition) is 3. The number of hydrogen-bond donors (Lipinski definition) is 0. The van der Waals surface area contributed by atoms with Gasteiger partial charge in [-0.1, -0.05) is 6.92 Å². The second kappa shape index (κ2) is 5.53. The van der Waals surface area contributed by atoms with Gasteiger partial charge in [0.25, 0.3) is 0 Å². The van der Waals surface area contributed by atoms with E-state index < -0.39 is 0 Å². The fourth-order valence-electron chi connectivity index (χ4n) is 2.60. The molecule has 2 rings (SSSR count). The Morgan fingerprint density at radius 2 is 1.78 bits per heavy atom. The van der Waals surface area contributed by atoms with Gasteiger partial charge < -0.3 is 9.80 Å². The van der Waals surface area contributed by atoms with Crippen LogP contribution in [0.4, 0.5) is 5.69 Å². The number of anilines is 1. The number of piperazine rings is 1. The second-order valence-corrected chi connectivity index (χ2v) is 5.03. The van der Waals surface area contributed by atoms with E-state index in [1.807, 2.05) is 13.0 Å². The highest BCUT2D eigenvalue weighted by Crippen LogP contribution is 2.24. The molecule has 1 aliphatic rings. The number of carbonyl (C=O) groups is 1. The summed E-state index contributed by atoms with van der Waals surface area (Å²) in [6, 6.07) is 4.16. The van der Waals surface area contributed by atoms with E-state index in [1.54, 1.807) is 0 Å². The summed E-state index contributed by atoms with van der Waals surface area (Å²) in [4.78, 5) is 15.8. The first kappa shape index (κ1) is 13.1. The first-order valence-corrected chi connectivity index (χ1v) is 6.69. The van der Waals surface area contributed by atoms with Gasteiger partial charge in [-0.3, -0.25) is 4.79 Å². The molecule has 3 nitrogen and oxygen atoms in total. The number of rotatable bonds is 3. The molecule has 0 unspecified atom stereocenters. The van der Waals surface area contributed by atoms with E-state index in [2.05, 4.69) is 29.7 Å². The predicted octanol–water partition coefficient (Wildman–Crippen LogP) is 2.26. The highest BCUT2D eigenvalue weighted by molar-refractivity contribution is 5.79. The lowest BCUT2D eigenvalue weighted by atomic mass is 10.0. The molecule has 0 amide bonds. The minimum absolute atomic E-state index is 0.809. The topological polar surface area (TPSA) is 23.6 Å². The fraction of sp³-hybridized carbons (Fsp3) is 0.533. The second-order valence-electron chi connectivity index (χ2n) is 5.03. The van der Waals surface area contributed by atoms with Crippen molar-refractivity contribution in [2.75, 3.05) is 37.6 Å². The van der Waals surface area contributed by atoms with Gasteiger partial charge in [-0.15, -0.1) is 0 Å². The van der Waals surface area contributed by atoms with Crippen molar-refractivity contribution in [1.82, 2.24) is 4.90 Å². The molecule has 1 heterocycles. The zero-order chi connectivity index (χ0) is 13.1. The summed E-state index contributed by atoms with van der Waals surface area (Å²) >= 11 is 0. The molecule has 0 N–H and O–H groups in total. The Bertz CT molecular complexity index is 434. The van der Waals surface area contributed by atoms with Crippen molar-refractivity contribution >= 4 is 12.0 Å². The molecule has 1 aromatic carbocycles. The Hall–Kier alpha value is -1.35. The largest absolute Gasteiger partial charge is 0.369 e. The summed E-state index contributed by atoms with van der Waals surface area (Å²) in [5.41, 5.74) is 4.37. The third-order valence-electron chi connectivity index (χ3n) is 3.87. The Labute approximate surface area is 109 Å². The summed E-state index contributed by atoms with van der Waals surface area (Å²) in [5.74, 6) is 0. The van der Waals surface area contributed by atoms with Crippen molar-refractivity contribution in [3.05, 3.63) is 28.8 Å². The minimum atomic E-state index is 0.809. The van der Waals surface area contributed by atoms with Gasteiger partial charge in [0.2, 0.25) is 0 Å². The van der Waals surface area contributed by atoms with Gasteiger partial charge >= 0.3 is 0 Å². The number of nitrogens with zero attached hydrogens (tertiary/aromatic N) is 2. The highest BCUT2D eigenvalue weighted by atomic mass is 16.1. The molecule has 0 aromatic heterocycles. The van der Waals surface area contributed by atoms with Crippen molar-refractivity contribution in [2.24, 2.45) is 0 Å². The van der Waals surface area contributed by atoms with Crippen molar-refractivity contribution in [1.29, 1.82) is 0 Å². The van der Waals surface area contributed by atoms with Gasteiger partial charge in [0.1, 0.15) is 6.29 Å². The summed E-state index contributed by atoms with van der Waals surface area (Å²) in [6.45, 7) is 11.9. The number of aldehydes is 1. The summed E-state index contributed by atoms with van der Waals surface area (Å²) < 4.78 is 0. The molecule has 3 heteroatoms. The zero-order valence-corrected chi connectivity index (χ0v) is 11.6. The maximum absolute atomic E-state index is 10.9. The standard InChI is InChI=1S/C15H22N2O/c1-4-16-5-7-17(8-6-16)15-10-12(2)14(11-18)9-13(15)3/h9-11H,4-8H2,1-3H3. The molecule has 1 fully saturated rings. The minimum Gasteiger partial charge on any atom is -0.369 e. The predicted molar refractivity (Wildman–Crippen MR) is 75.6 cm³/mol. The molecule has 0 bridgehead atoms. The van der Waals surface area contributed by atoms with Crippen molar-refractivity contribution in [3.63, 3.8) is 0 Å². The van der Waals surface area contributed by atoms with Crippen LogP contribution in [-0.2, 0) is 0 Å². The molecule has 18 heavy (non-hydrogen) atoms. The Morgan fingerprint density at radius 3 is 2.33 bits per heavy atom. The third-order valence-corrected chi connectivity index (χ3v) is 3.87. The first-order valence-electron chi connectivity index (χ1n) is 6.69. The van der Waals surface area contributed by atoms with Crippen LogP contribution in [0.5, 0.6) is 0 Å². The molecule has 0 saturated carbocycles. The van der Waals surface area contributed by atoms with Crippen LogP contribution in [0.2, 0.25) is 0 Å². The van der Waals surface area contributed by atoms with Crippen LogP contribution in [-0.4, -0.2) is 43.9 Å². The molecule has 1 aromatic rings. The monoisotopic (exact) mass is 246 g/mol. The molecule has 1 saturated heterocycles. The van der Waals surface area contributed by atoms with E-state index in [-0.39, 0.29) is 0 Å². The summed E-state index contributed by atoms with van der Waals surface area (Å²) in [7, 11) is 0. The number of aryl methyl sites for hydroxylation is 2. The first-order chi connectivity index (χ1) is 8.65. The molecular formula is C15H22N2O. The maximum atomic E-state index is 10.9. The quantitative estimate of drug-likeness (QED) is 0.764. The fourth-order valence-corrected chi connectivity index (χ4v) is 2.60. The van der Waals surface area contributed by atoms with Gasteiger partial charge in [-0.2, -0.15) is 0 Å². The SMILES string of the molecule is CCN1CCN(c2cc(C)c(C=O)cc2C)CC1.